The number of hydrogen-bond acceptors (Lipinski definition) is 4. The highest BCUT2D eigenvalue weighted by atomic mass is 35.5. The predicted octanol–water partition coefficient (Wildman–Crippen LogP) is 6.34. The molecule has 0 aromatic heterocycles. The van der Waals surface area contributed by atoms with Gasteiger partial charge in [0.1, 0.15) is 6.54 Å². The summed E-state index contributed by atoms with van der Waals surface area (Å²) in [6.45, 7) is 3.57. The van der Waals surface area contributed by atoms with E-state index in [1.54, 1.807) is 42.5 Å². The normalized spacial score (nSPS) is 12.9. The first-order valence-corrected chi connectivity index (χ1v) is 13.7. The predicted molar refractivity (Wildman–Crippen MR) is 163 cm³/mol. The van der Waals surface area contributed by atoms with Crippen molar-refractivity contribution in [2.75, 3.05) is 28.2 Å². The van der Waals surface area contributed by atoms with Gasteiger partial charge in [-0.2, -0.15) is 0 Å². The molecule has 0 atom stereocenters. The molecule has 1 aliphatic rings. The van der Waals surface area contributed by atoms with Gasteiger partial charge in [-0.05, 0) is 66.9 Å². The van der Waals surface area contributed by atoms with Gasteiger partial charge in [0.05, 0.1) is 22.0 Å². The smallest absolute Gasteiger partial charge is 0.323 e. The molecule has 8 nitrogen and oxygen atoms in total. The van der Waals surface area contributed by atoms with Crippen molar-refractivity contribution in [3.05, 3.63) is 112 Å². The number of hydrogen-bond donors (Lipinski definition) is 2. The summed E-state index contributed by atoms with van der Waals surface area (Å²) in [7, 11) is 0. The van der Waals surface area contributed by atoms with Gasteiger partial charge in [-0.1, -0.05) is 65.7 Å². The zero-order valence-corrected chi connectivity index (χ0v) is 23.8. The molecule has 9 heteroatoms. The van der Waals surface area contributed by atoms with Crippen LogP contribution in [0.25, 0.3) is 11.1 Å². The van der Waals surface area contributed by atoms with Gasteiger partial charge in [0, 0.05) is 24.2 Å². The van der Waals surface area contributed by atoms with E-state index >= 15 is 0 Å². The van der Waals surface area contributed by atoms with Crippen LogP contribution in [0.3, 0.4) is 0 Å². The second kappa shape index (κ2) is 11.9. The van der Waals surface area contributed by atoms with Crippen LogP contribution in [-0.2, 0) is 9.59 Å². The van der Waals surface area contributed by atoms with Crippen molar-refractivity contribution in [1.29, 1.82) is 0 Å². The fourth-order valence-electron chi connectivity index (χ4n) is 5.18. The number of para-hydroxylation sites is 2. The zero-order valence-electron chi connectivity index (χ0n) is 23.1. The van der Waals surface area contributed by atoms with Crippen LogP contribution in [0.4, 0.5) is 17.1 Å². The molecule has 4 aromatic rings. The first-order chi connectivity index (χ1) is 20.1. The number of aryl methyl sites for hydroxylation is 2. The van der Waals surface area contributed by atoms with Crippen LogP contribution in [0.1, 0.15) is 38.3 Å². The minimum absolute atomic E-state index is 0.0504. The maximum absolute atomic E-state index is 13.7. The molecule has 0 aliphatic carbocycles. The summed E-state index contributed by atoms with van der Waals surface area (Å²) in [6, 6.07) is 24.7. The SMILES string of the molecule is Cc1ccc(-c2ccccc2C(=O)Nc2ccc(C(=O)N3CCC(=O)N(CC(=O)O)c4ccccc43)c(Cl)c2)c(C)c1. The Kier molecular flexibility index (Phi) is 8.08. The summed E-state index contributed by atoms with van der Waals surface area (Å²) in [5, 5.41) is 12.3. The number of carbonyl (C=O) groups is 4. The standard InChI is InChI=1S/C33H28ClN3O5/c1-20-11-13-23(21(2)17-20)24-7-3-4-8-25(24)32(41)35-22-12-14-26(27(34)18-22)33(42)36-16-15-30(38)37(19-31(39)40)29-10-6-5-9-28(29)36/h3-14,17-18H,15-16,19H2,1-2H3,(H,35,41)(H,39,40). The topological polar surface area (TPSA) is 107 Å². The number of nitrogens with zero attached hydrogens (tertiary/aromatic N) is 2. The Morgan fingerprint density at radius 3 is 2.29 bits per heavy atom. The van der Waals surface area contributed by atoms with Crippen LogP contribution in [0.15, 0.2) is 84.9 Å². The van der Waals surface area contributed by atoms with Crippen LogP contribution in [0.2, 0.25) is 5.02 Å². The molecule has 212 valence electrons. The van der Waals surface area contributed by atoms with Crippen molar-refractivity contribution >= 4 is 52.4 Å². The minimum Gasteiger partial charge on any atom is -0.480 e. The van der Waals surface area contributed by atoms with Gasteiger partial charge in [-0.15, -0.1) is 0 Å². The fraction of sp³-hybridized carbons (Fsp3) is 0.152. The maximum Gasteiger partial charge on any atom is 0.323 e. The van der Waals surface area contributed by atoms with Gasteiger partial charge < -0.3 is 15.3 Å². The Morgan fingerprint density at radius 1 is 0.857 bits per heavy atom. The van der Waals surface area contributed by atoms with E-state index in [9.17, 15) is 24.3 Å². The highest BCUT2D eigenvalue weighted by Gasteiger charge is 2.31. The molecule has 0 saturated carbocycles. The van der Waals surface area contributed by atoms with Crippen LogP contribution in [-0.4, -0.2) is 41.9 Å². The second-order valence-corrected chi connectivity index (χ2v) is 10.5. The van der Waals surface area contributed by atoms with E-state index in [4.69, 9.17) is 11.6 Å². The number of nitrogens with one attached hydrogen (secondary N) is 1. The first-order valence-electron chi connectivity index (χ1n) is 13.3. The van der Waals surface area contributed by atoms with E-state index in [-0.39, 0.29) is 29.5 Å². The molecule has 1 aliphatic heterocycles. The molecule has 0 spiro atoms. The maximum atomic E-state index is 13.7. The van der Waals surface area contributed by atoms with Crippen LogP contribution >= 0.6 is 11.6 Å². The second-order valence-electron chi connectivity index (χ2n) is 10.1. The lowest BCUT2D eigenvalue weighted by Gasteiger charge is -2.25. The van der Waals surface area contributed by atoms with Gasteiger partial charge in [0.25, 0.3) is 11.8 Å². The van der Waals surface area contributed by atoms with Crippen molar-refractivity contribution in [2.45, 2.75) is 20.3 Å². The van der Waals surface area contributed by atoms with E-state index in [1.165, 1.54) is 21.9 Å². The summed E-state index contributed by atoms with van der Waals surface area (Å²) < 4.78 is 0. The third-order valence-corrected chi connectivity index (χ3v) is 7.47. The van der Waals surface area contributed by atoms with E-state index in [0.29, 0.717) is 22.6 Å². The number of carbonyl (C=O) groups excluding carboxylic acids is 3. The number of carboxylic acid groups (broad SMARTS) is 1. The Balaban J connectivity index is 1.40. The lowest BCUT2D eigenvalue weighted by Crippen LogP contribution is -2.35. The van der Waals surface area contributed by atoms with Crippen molar-refractivity contribution in [2.24, 2.45) is 0 Å². The fourth-order valence-corrected chi connectivity index (χ4v) is 5.44. The van der Waals surface area contributed by atoms with Gasteiger partial charge in [0.15, 0.2) is 0 Å². The Morgan fingerprint density at radius 2 is 1.57 bits per heavy atom. The third-order valence-electron chi connectivity index (χ3n) is 7.15. The van der Waals surface area contributed by atoms with Gasteiger partial charge in [-0.3, -0.25) is 24.1 Å². The molecule has 1 heterocycles. The molecule has 3 amide bonds. The number of aliphatic carboxylic acids is 1. The number of carboxylic acids is 1. The largest absolute Gasteiger partial charge is 0.480 e. The van der Waals surface area contributed by atoms with Gasteiger partial charge in [-0.25, -0.2) is 0 Å². The van der Waals surface area contributed by atoms with E-state index in [1.807, 2.05) is 38.1 Å². The summed E-state index contributed by atoms with van der Waals surface area (Å²) in [6.07, 6.45) is -0.0562. The molecule has 42 heavy (non-hydrogen) atoms. The van der Waals surface area contributed by atoms with E-state index < -0.39 is 24.3 Å². The number of amides is 3. The molecular weight excluding hydrogens is 554 g/mol. The van der Waals surface area contributed by atoms with E-state index in [0.717, 1.165) is 22.3 Å². The third kappa shape index (κ3) is 5.75. The number of benzene rings is 4. The van der Waals surface area contributed by atoms with Crippen molar-refractivity contribution in [3.8, 4) is 11.1 Å². The average Bonchev–Trinajstić information content (AvgIpc) is 3.09. The lowest BCUT2D eigenvalue weighted by molar-refractivity contribution is -0.136. The van der Waals surface area contributed by atoms with Crippen molar-refractivity contribution in [1.82, 2.24) is 0 Å². The molecule has 0 unspecified atom stereocenters. The lowest BCUT2D eigenvalue weighted by atomic mass is 9.94. The molecule has 5 rings (SSSR count). The molecule has 4 aromatic carbocycles. The number of fused-ring (bicyclic) bond motifs is 1. The van der Waals surface area contributed by atoms with Crippen molar-refractivity contribution in [3.63, 3.8) is 0 Å². The summed E-state index contributed by atoms with van der Waals surface area (Å²) in [5.74, 6) is -2.32. The number of halogens is 1. The summed E-state index contributed by atoms with van der Waals surface area (Å²) in [5.41, 5.74) is 5.79. The summed E-state index contributed by atoms with van der Waals surface area (Å²) >= 11 is 6.58. The molecule has 0 saturated heterocycles. The Bertz CT molecular complexity index is 1730. The monoisotopic (exact) mass is 581 g/mol. The highest BCUT2D eigenvalue weighted by Crippen LogP contribution is 2.35. The van der Waals surface area contributed by atoms with Crippen LogP contribution in [0, 0.1) is 13.8 Å². The number of rotatable bonds is 6. The number of anilines is 3. The van der Waals surface area contributed by atoms with Crippen LogP contribution in [0.5, 0.6) is 0 Å². The van der Waals surface area contributed by atoms with E-state index in [2.05, 4.69) is 11.4 Å². The summed E-state index contributed by atoms with van der Waals surface area (Å²) in [4.78, 5) is 53.8. The van der Waals surface area contributed by atoms with Gasteiger partial charge in [0.2, 0.25) is 5.91 Å². The Labute approximate surface area is 248 Å². The molecular formula is C33H28ClN3O5. The molecule has 2 N–H and O–H groups in total. The van der Waals surface area contributed by atoms with Crippen molar-refractivity contribution < 1.29 is 24.3 Å². The molecule has 0 bridgehead atoms. The zero-order chi connectivity index (χ0) is 30.0. The first kappa shape index (κ1) is 28.6. The quantitative estimate of drug-likeness (QED) is 0.276. The van der Waals surface area contributed by atoms with Crippen LogP contribution < -0.4 is 15.1 Å². The average molecular weight is 582 g/mol. The Hall–Kier alpha value is -4.95. The minimum atomic E-state index is -1.16. The molecule has 0 radical (unpaired) electrons. The molecule has 0 fully saturated rings. The van der Waals surface area contributed by atoms with Gasteiger partial charge >= 0.3 is 5.97 Å². The highest BCUT2D eigenvalue weighted by molar-refractivity contribution is 6.35.